The lowest BCUT2D eigenvalue weighted by Gasteiger charge is -2.01. The molecule has 0 atom stereocenters. The highest BCUT2D eigenvalue weighted by Gasteiger charge is 2.00. The van der Waals surface area contributed by atoms with Gasteiger partial charge in [0.15, 0.2) is 0 Å². The van der Waals surface area contributed by atoms with Gasteiger partial charge in [-0.15, -0.1) is 0 Å². The first-order chi connectivity index (χ1) is 8.95. The van der Waals surface area contributed by atoms with Crippen LogP contribution < -0.4 is 0 Å². The quantitative estimate of drug-likeness (QED) is 0.755. The van der Waals surface area contributed by atoms with Gasteiger partial charge in [0.05, 0.1) is 0 Å². The van der Waals surface area contributed by atoms with Crippen LogP contribution in [0, 0.1) is 0 Å². The lowest BCUT2D eigenvalue weighted by Crippen LogP contribution is -1.89. The lowest BCUT2D eigenvalue weighted by molar-refractivity contribution is 0.275. The van der Waals surface area contributed by atoms with E-state index in [1.807, 2.05) is 0 Å². The first-order valence-corrected chi connectivity index (χ1v) is 7.38. The lowest BCUT2D eigenvalue weighted by atomic mass is 10.0. The second-order valence-electron chi connectivity index (χ2n) is 3.98. The molecule has 0 aliphatic carbocycles. The minimum absolute atomic E-state index is 1.13. The molecule has 0 aliphatic heterocycles. The minimum Gasteiger partial charge on any atom is -0.303 e. The summed E-state index contributed by atoms with van der Waals surface area (Å²) in [5.41, 5.74) is 2.83. The zero-order chi connectivity index (χ0) is 14.1. The van der Waals surface area contributed by atoms with Crippen molar-refractivity contribution in [1.82, 2.24) is 0 Å². The molecule has 0 spiro atoms. The van der Waals surface area contributed by atoms with Crippen LogP contribution in [0.25, 0.3) is 0 Å². The van der Waals surface area contributed by atoms with Gasteiger partial charge in [0.25, 0.3) is 0 Å². The molecule has 0 saturated carbocycles. The number of phosphoric acid groups is 1. The molecule has 2 aromatic carbocycles. The Labute approximate surface area is 112 Å². The topological polar surface area (TPSA) is 77.8 Å². The molecule has 3 N–H and O–H groups in total. The maximum atomic E-state index is 8.88. The van der Waals surface area contributed by atoms with E-state index in [0.717, 1.165) is 12.8 Å². The third kappa shape index (κ3) is 9.17. The number of hydrogen-bond acceptors (Lipinski definition) is 1. The second-order valence-corrected chi connectivity index (χ2v) is 5.01. The van der Waals surface area contributed by atoms with E-state index in [1.165, 1.54) is 11.1 Å². The van der Waals surface area contributed by atoms with E-state index < -0.39 is 7.82 Å². The van der Waals surface area contributed by atoms with Crippen LogP contribution in [0.3, 0.4) is 0 Å². The van der Waals surface area contributed by atoms with Crippen molar-refractivity contribution in [3.05, 3.63) is 71.8 Å². The van der Waals surface area contributed by atoms with Crippen molar-refractivity contribution in [1.29, 1.82) is 0 Å². The summed E-state index contributed by atoms with van der Waals surface area (Å²) in [5.74, 6) is 0. The Balaban J connectivity index is 0.000000312. The Bertz CT molecular complexity index is 460. The largest absolute Gasteiger partial charge is 0.466 e. The average molecular weight is 280 g/mol. The molecule has 0 unspecified atom stereocenters. The molecule has 0 amide bonds. The van der Waals surface area contributed by atoms with Crippen LogP contribution in [0.5, 0.6) is 0 Å². The fourth-order valence-corrected chi connectivity index (χ4v) is 1.58. The Morgan fingerprint density at radius 1 is 0.684 bits per heavy atom. The molecule has 0 aliphatic rings. The normalized spacial score (nSPS) is 10.5. The van der Waals surface area contributed by atoms with Crippen molar-refractivity contribution < 1.29 is 19.2 Å². The maximum absolute atomic E-state index is 8.88. The molecule has 102 valence electrons. The van der Waals surface area contributed by atoms with Gasteiger partial charge in [-0.05, 0) is 24.0 Å². The van der Waals surface area contributed by atoms with Crippen molar-refractivity contribution >= 4 is 7.82 Å². The summed E-state index contributed by atoms with van der Waals surface area (Å²) in [5, 5.41) is 0. The average Bonchev–Trinajstić information content (AvgIpc) is 2.37. The maximum Gasteiger partial charge on any atom is 0.466 e. The Hall–Kier alpha value is -1.45. The summed E-state index contributed by atoms with van der Waals surface area (Å²) in [6.45, 7) is 0. The summed E-state index contributed by atoms with van der Waals surface area (Å²) >= 11 is 0. The summed E-state index contributed by atoms with van der Waals surface area (Å²) in [4.78, 5) is 21.6. The zero-order valence-corrected chi connectivity index (χ0v) is 11.3. The highest BCUT2D eigenvalue weighted by atomic mass is 31.2. The number of aryl methyl sites for hydroxylation is 2. The predicted octanol–water partition coefficient (Wildman–Crippen LogP) is 2.54. The van der Waals surface area contributed by atoms with Crippen LogP contribution in [-0.4, -0.2) is 14.7 Å². The van der Waals surface area contributed by atoms with Gasteiger partial charge in [-0.1, -0.05) is 60.7 Å². The van der Waals surface area contributed by atoms with Gasteiger partial charge in [0.2, 0.25) is 0 Å². The number of hydrogen-bond donors (Lipinski definition) is 3. The van der Waals surface area contributed by atoms with E-state index in [1.54, 1.807) is 0 Å². The first-order valence-electron chi connectivity index (χ1n) is 5.81. The number of benzene rings is 2. The molecular weight excluding hydrogens is 263 g/mol. The molecule has 0 fully saturated rings. The monoisotopic (exact) mass is 280 g/mol. The molecule has 2 aromatic rings. The summed E-state index contributed by atoms with van der Waals surface area (Å²) in [6.07, 6.45) is 2.26. The van der Waals surface area contributed by atoms with Crippen molar-refractivity contribution in [2.24, 2.45) is 0 Å². The third-order valence-electron chi connectivity index (χ3n) is 2.39. The van der Waals surface area contributed by atoms with Gasteiger partial charge in [0, 0.05) is 0 Å². The zero-order valence-electron chi connectivity index (χ0n) is 10.4. The molecule has 0 saturated heterocycles. The van der Waals surface area contributed by atoms with Gasteiger partial charge < -0.3 is 14.7 Å². The van der Waals surface area contributed by atoms with E-state index in [2.05, 4.69) is 60.7 Å². The van der Waals surface area contributed by atoms with Gasteiger partial charge >= 0.3 is 7.82 Å². The molecule has 5 heteroatoms. The van der Waals surface area contributed by atoms with Gasteiger partial charge in [-0.3, -0.25) is 0 Å². The third-order valence-corrected chi connectivity index (χ3v) is 2.39. The molecule has 0 aromatic heterocycles. The second kappa shape index (κ2) is 7.87. The molecular formula is C14H17O4P. The summed E-state index contributed by atoms with van der Waals surface area (Å²) in [6, 6.07) is 21.2. The van der Waals surface area contributed by atoms with Crippen molar-refractivity contribution in [3.63, 3.8) is 0 Å². The van der Waals surface area contributed by atoms with Crippen molar-refractivity contribution in [2.45, 2.75) is 12.8 Å². The first kappa shape index (κ1) is 15.6. The van der Waals surface area contributed by atoms with Crippen LogP contribution in [0.4, 0.5) is 0 Å². The van der Waals surface area contributed by atoms with E-state index in [-0.39, 0.29) is 0 Å². The van der Waals surface area contributed by atoms with Gasteiger partial charge in [-0.2, -0.15) is 0 Å². The van der Waals surface area contributed by atoms with E-state index >= 15 is 0 Å². The van der Waals surface area contributed by atoms with E-state index in [9.17, 15) is 0 Å². The van der Waals surface area contributed by atoms with Crippen LogP contribution in [0.15, 0.2) is 60.7 Å². The molecule has 0 heterocycles. The Kier molecular flexibility index (Phi) is 6.46. The molecule has 0 bridgehead atoms. The minimum atomic E-state index is -4.64. The van der Waals surface area contributed by atoms with Gasteiger partial charge in [-0.25, -0.2) is 4.57 Å². The summed E-state index contributed by atoms with van der Waals surface area (Å²) in [7, 11) is -4.64. The summed E-state index contributed by atoms with van der Waals surface area (Å²) < 4.78 is 8.88. The highest BCUT2D eigenvalue weighted by molar-refractivity contribution is 7.45. The van der Waals surface area contributed by atoms with Crippen LogP contribution in [0.2, 0.25) is 0 Å². The molecule has 4 nitrogen and oxygen atoms in total. The number of rotatable bonds is 3. The van der Waals surface area contributed by atoms with E-state index in [4.69, 9.17) is 19.2 Å². The van der Waals surface area contributed by atoms with Crippen molar-refractivity contribution in [3.8, 4) is 0 Å². The van der Waals surface area contributed by atoms with E-state index in [0.29, 0.717) is 0 Å². The predicted molar refractivity (Wildman–Crippen MR) is 74.6 cm³/mol. The smallest absolute Gasteiger partial charge is 0.303 e. The molecule has 2 rings (SSSR count). The fraction of sp³-hybridized carbons (Fsp3) is 0.143. The fourth-order valence-electron chi connectivity index (χ4n) is 1.58. The molecule has 0 radical (unpaired) electrons. The van der Waals surface area contributed by atoms with Crippen LogP contribution in [0.1, 0.15) is 11.1 Å². The standard InChI is InChI=1S/C14H14.H3O4P/c1-3-7-13(8-4-1)11-12-14-9-5-2-6-10-14;1-5(2,3)4/h1-10H,11-12H2;(H3,1,2,3,4). The Morgan fingerprint density at radius 3 is 1.21 bits per heavy atom. The van der Waals surface area contributed by atoms with Crippen LogP contribution >= 0.6 is 7.82 Å². The van der Waals surface area contributed by atoms with Crippen LogP contribution in [-0.2, 0) is 17.4 Å². The van der Waals surface area contributed by atoms with Crippen molar-refractivity contribution in [2.75, 3.05) is 0 Å². The Morgan fingerprint density at radius 2 is 0.947 bits per heavy atom. The highest BCUT2D eigenvalue weighted by Crippen LogP contribution is 2.25. The van der Waals surface area contributed by atoms with Gasteiger partial charge in [0.1, 0.15) is 0 Å². The molecule has 19 heavy (non-hydrogen) atoms. The SMILES string of the molecule is O=P(O)(O)O.c1ccc(CCc2ccccc2)cc1.